The number of methoxy groups -OCH3 is 2. The molecule has 5 nitrogen and oxygen atoms in total. The highest BCUT2D eigenvalue weighted by Crippen LogP contribution is 2.11. The maximum atomic E-state index is 11.5. The van der Waals surface area contributed by atoms with Gasteiger partial charge in [-0.2, -0.15) is 0 Å². The van der Waals surface area contributed by atoms with Crippen molar-refractivity contribution in [2.24, 2.45) is 0 Å². The minimum Gasteiger partial charge on any atom is -0.469 e. The topological polar surface area (TPSA) is 69.7 Å². The average Bonchev–Trinajstić information content (AvgIpc) is 2.53. The van der Waals surface area contributed by atoms with E-state index in [2.05, 4.69) is 9.47 Å². The van der Waals surface area contributed by atoms with Gasteiger partial charge in [-0.3, -0.25) is 14.4 Å². The summed E-state index contributed by atoms with van der Waals surface area (Å²) in [6.07, 6.45) is 10.2. The zero-order valence-corrected chi connectivity index (χ0v) is 14.0. The summed E-state index contributed by atoms with van der Waals surface area (Å²) in [6.45, 7) is 0. The van der Waals surface area contributed by atoms with Gasteiger partial charge in [0.1, 0.15) is 5.78 Å². The lowest BCUT2D eigenvalue weighted by Crippen LogP contribution is -2.05. The molecule has 0 heterocycles. The summed E-state index contributed by atoms with van der Waals surface area (Å²) < 4.78 is 9.09. The van der Waals surface area contributed by atoms with E-state index in [-0.39, 0.29) is 24.1 Å². The van der Waals surface area contributed by atoms with Crippen LogP contribution in [0.15, 0.2) is 0 Å². The van der Waals surface area contributed by atoms with Crippen molar-refractivity contribution in [1.29, 1.82) is 0 Å². The van der Waals surface area contributed by atoms with Gasteiger partial charge in [-0.25, -0.2) is 0 Å². The first kappa shape index (κ1) is 20.6. The molecule has 0 saturated carbocycles. The number of esters is 2. The SMILES string of the molecule is COC(=O)CCCCCCCCCCC(=O)CCC(=O)OC. The molecule has 0 aliphatic heterocycles. The highest BCUT2D eigenvalue weighted by molar-refractivity contribution is 5.82. The van der Waals surface area contributed by atoms with Gasteiger partial charge in [0.25, 0.3) is 0 Å². The minimum atomic E-state index is -0.319. The molecular formula is C17H30O5. The fourth-order valence-electron chi connectivity index (χ4n) is 2.22. The maximum Gasteiger partial charge on any atom is 0.305 e. The number of rotatable bonds is 14. The molecule has 0 spiro atoms. The monoisotopic (exact) mass is 314 g/mol. The van der Waals surface area contributed by atoms with Crippen LogP contribution in [-0.2, 0) is 23.9 Å². The molecule has 0 saturated heterocycles. The Morgan fingerprint density at radius 2 is 0.955 bits per heavy atom. The van der Waals surface area contributed by atoms with E-state index in [1.807, 2.05) is 0 Å². The molecule has 0 N–H and O–H groups in total. The van der Waals surface area contributed by atoms with Crippen LogP contribution in [0.4, 0.5) is 0 Å². The first-order chi connectivity index (χ1) is 10.6. The molecule has 0 aromatic rings. The van der Waals surface area contributed by atoms with Crippen LogP contribution in [0.1, 0.15) is 77.0 Å². The van der Waals surface area contributed by atoms with Gasteiger partial charge in [0, 0.05) is 19.3 Å². The average molecular weight is 314 g/mol. The van der Waals surface area contributed by atoms with Crippen LogP contribution in [0.2, 0.25) is 0 Å². The summed E-state index contributed by atoms with van der Waals surface area (Å²) in [6, 6.07) is 0. The van der Waals surface area contributed by atoms with Gasteiger partial charge in [0.05, 0.1) is 20.6 Å². The summed E-state index contributed by atoms with van der Waals surface area (Å²) in [5.74, 6) is -0.300. The third-order valence-electron chi connectivity index (χ3n) is 3.65. The van der Waals surface area contributed by atoms with Crippen LogP contribution in [-0.4, -0.2) is 31.9 Å². The highest BCUT2D eigenvalue weighted by atomic mass is 16.5. The molecule has 0 aromatic heterocycles. The standard InChI is InChI=1S/C17H30O5/c1-21-16(19)12-10-8-6-4-3-5-7-9-11-15(18)13-14-17(20)22-2/h3-14H2,1-2H3. The summed E-state index contributed by atoms with van der Waals surface area (Å²) in [4.78, 5) is 33.3. The van der Waals surface area contributed by atoms with E-state index in [4.69, 9.17) is 0 Å². The second-order valence-corrected chi connectivity index (χ2v) is 5.52. The Labute approximate surface area is 133 Å². The summed E-state index contributed by atoms with van der Waals surface area (Å²) in [5, 5.41) is 0. The Balaban J connectivity index is 3.24. The lowest BCUT2D eigenvalue weighted by molar-refractivity contribution is -0.142. The Morgan fingerprint density at radius 3 is 1.45 bits per heavy atom. The predicted molar refractivity (Wildman–Crippen MR) is 84.4 cm³/mol. The van der Waals surface area contributed by atoms with Crippen molar-refractivity contribution in [3.8, 4) is 0 Å². The van der Waals surface area contributed by atoms with Gasteiger partial charge in [0.15, 0.2) is 0 Å². The largest absolute Gasteiger partial charge is 0.469 e. The van der Waals surface area contributed by atoms with Gasteiger partial charge < -0.3 is 9.47 Å². The number of hydrogen-bond acceptors (Lipinski definition) is 5. The minimum absolute atomic E-state index is 0.128. The summed E-state index contributed by atoms with van der Waals surface area (Å²) in [5.41, 5.74) is 0. The molecule has 0 radical (unpaired) electrons. The second-order valence-electron chi connectivity index (χ2n) is 5.52. The molecular weight excluding hydrogens is 284 g/mol. The molecule has 0 bridgehead atoms. The number of Topliss-reactive ketones (excluding diaryl/α,β-unsaturated/α-hetero) is 1. The lowest BCUT2D eigenvalue weighted by Gasteiger charge is -2.03. The molecule has 0 aliphatic rings. The smallest absolute Gasteiger partial charge is 0.305 e. The van der Waals surface area contributed by atoms with Crippen molar-refractivity contribution in [3.05, 3.63) is 0 Å². The number of ketones is 1. The quantitative estimate of drug-likeness (QED) is 0.362. The fourth-order valence-corrected chi connectivity index (χ4v) is 2.22. The van der Waals surface area contributed by atoms with E-state index in [1.165, 1.54) is 27.1 Å². The van der Waals surface area contributed by atoms with Gasteiger partial charge in [-0.05, 0) is 12.8 Å². The zero-order valence-electron chi connectivity index (χ0n) is 14.0. The highest BCUT2D eigenvalue weighted by Gasteiger charge is 2.06. The number of carbonyl (C=O) groups excluding carboxylic acids is 3. The summed E-state index contributed by atoms with van der Waals surface area (Å²) >= 11 is 0. The van der Waals surface area contributed by atoms with Gasteiger partial charge in [0.2, 0.25) is 0 Å². The van der Waals surface area contributed by atoms with Crippen LogP contribution in [0.25, 0.3) is 0 Å². The van der Waals surface area contributed by atoms with Gasteiger partial charge >= 0.3 is 11.9 Å². The third-order valence-corrected chi connectivity index (χ3v) is 3.65. The normalized spacial score (nSPS) is 10.3. The Morgan fingerprint density at radius 1 is 0.545 bits per heavy atom. The van der Waals surface area contributed by atoms with Gasteiger partial charge in [-0.1, -0.05) is 38.5 Å². The van der Waals surface area contributed by atoms with E-state index in [0.717, 1.165) is 38.5 Å². The number of carbonyl (C=O) groups is 3. The number of ether oxygens (including phenoxy) is 2. The molecule has 0 fully saturated rings. The first-order valence-electron chi connectivity index (χ1n) is 8.25. The molecule has 0 atom stereocenters. The van der Waals surface area contributed by atoms with Crippen LogP contribution >= 0.6 is 0 Å². The fraction of sp³-hybridized carbons (Fsp3) is 0.824. The van der Waals surface area contributed by atoms with Crippen molar-refractivity contribution < 1.29 is 23.9 Å². The van der Waals surface area contributed by atoms with Crippen molar-refractivity contribution in [3.63, 3.8) is 0 Å². The van der Waals surface area contributed by atoms with Crippen LogP contribution in [0.3, 0.4) is 0 Å². The van der Waals surface area contributed by atoms with Crippen LogP contribution in [0, 0.1) is 0 Å². The summed E-state index contributed by atoms with van der Waals surface area (Å²) in [7, 11) is 2.75. The second kappa shape index (κ2) is 14.5. The van der Waals surface area contributed by atoms with E-state index >= 15 is 0 Å². The van der Waals surface area contributed by atoms with E-state index in [9.17, 15) is 14.4 Å². The Kier molecular flexibility index (Phi) is 13.6. The van der Waals surface area contributed by atoms with E-state index in [1.54, 1.807) is 0 Å². The first-order valence-corrected chi connectivity index (χ1v) is 8.25. The molecule has 22 heavy (non-hydrogen) atoms. The molecule has 0 aliphatic carbocycles. The molecule has 0 rings (SSSR count). The molecule has 0 unspecified atom stereocenters. The number of hydrogen-bond donors (Lipinski definition) is 0. The third kappa shape index (κ3) is 13.6. The maximum absolute atomic E-state index is 11.5. The van der Waals surface area contributed by atoms with Crippen LogP contribution in [0.5, 0.6) is 0 Å². The Bertz CT molecular complexity index is 325. The Hall–Kier alpha value is -1.39. The van der Waals surface area contributed by atoms with Crippen molar-refractivity contribution in [2.45, 2.75) is 77.0 Å². The van der Waals surface area contributed by atoms with Crippen molar-refractivity contribution in [1.82, 2.24) is 0 Å². The molecule has 128 valence electrons. The molecule has 5 heteroatoms. The van der Waals surface area contributed by atoms with Crippen molar-refractivity contribution >= 4 is 17.7 Å². The number of unbranched alkanes of at least 4 members (excludes halogenated alkanes) is 7. The van der Waals surface area contributed by atoms with E-state index in [0.29, 0.717) is 19.3 Å². The van der Waals surface area contributed by atoms with E-state index < -0.39 is 0 Å². The van der Waals surface area contributed by atoms with Gasteiger partial charge in [-0.15, -0.1) is 0 Å². The van der Waals surface area contributed by atoms with Crippen LogP contribution < -0.4 is 0 Å². The molecule has 0 amide bonds. The lowest BCUT2D eigenvalue weighted by atomic mass is 10.0. The zero-order chi connectivity index (χ0) is 16.6. The predicted octanol–water partition coefficient (Wildman–Crippen LogP) is 3.58. The molecule has 0 aromatic carbocycles. The van der Waals surface area contributed by atoms with Crippen molar-refractivity contribution in [2.75, 3.05) is 14.2 Å².